The van der Waals surface area contributed by atoms with E-state index in [1.54, 1.807) is 0 Å². The van der Waals surface area contributed by atoms with Crippen molar-refractivity contribution in [3.63, 3.8) is 0 Å². The number of hydrogen-bond acceptors (Lipinski definition) is 8. The van der Waals surface area contributed by atoms with Crippen LogP contribution < -0.4 is 0 Å². The minimum Gasteiger partial charge on any atom is -0.478 e. The maximum Gasteiger partial charge on any atom is 0.338 e. The molecule has 0 saturated heterocycles. The second kappa shape index (κ2) is 13.9. The standard InChI is InChI=1S/C18H16N2O3S.C18H16N2O2S/c1-18(2)7-8-24(23)15-5-3-12(9-14(15)18)4-6-16-19-10-13(11-20-16)17(21)22;1-18(2)7-8-23-15-5-3-12(9-14(15)18)4-6-16-19-10-13(11-20-16)17(21)22/h3,5,9-11H,7-8H2,1-2H3,(H,21,22);3,5,9-11H,7-8H2,1-2H3,(H,21,22). The smallest absolute Gasteiger partial charge is 0.338 e. The maximum absolute atomic E-state index is 12.2. The second-order valence-corrected chi connectivity index (χ2v) is 15.0. The zero-order valence-corrected chi connectivity index (χ0v) is 28.0. The molecule has 0 aliphatic carbocycles. The summed E-state index contributed by atoms with van der Waals surface area (Å²) in [5.74, 6) is 12.1. The quantitative estimate of drug-likeness (QED) is 0.256. The molecule has 0 amide bonds. The highest BCUT2D eigenvalue weighted by atomic mass is 32.2. The first-order valence-electron chi connectivity index (χ1n) is 14.8. The summed E-state index contributed by atoms with van der Waals surface area (Å²) >= 11 is 1.89. The Hall–Kier alpha value is -4.84. The zero-order chi connectivity index (χ0) is 33.8. The Morgan fingerprint density at radius 2 is 1.21 bits per heavy atom. The molecule has 0 fully saturated rings. The average Bonchev–Trinajstić information content (AvgIpc) is 3.05. The van der Waals surface area contributed by atoms with E-state index in [-0.39, 0.29) is 27.8 Å². The Morgan fingerprint density at radius 3 is 1.74 bits per heavy atom. The molecule has 0 saturated carbocycles. The van der Waals surface area contributed by atoms with Gasteiger partial charge in [0.25, 0.3) is 0 Å². The lowest BCUT2D eigenvalue weighted by atomic mass is 9.81. The fourth-order valence-corrected chi connectivity index (χ4v) is 8.21. The molecule has 2 aliphatic rings. The number of fused-ring (bicyclic) bond motifs is 2. The molecule has 9 nitrogen and oxygen atoms in total. The maximum atomic E-state index is 12.2. The van der Waals surface area contributed by atoms with Crippen LogP contribution in [0.4, 0.5) is 0 Å². The van der Waals surface area contributed by atoms with Gasteiger partial charge in [-0.1, -0.05) is 39.5 Å². The molecular formula is C36H32N4O5S2. The number of aromatic nitrogens is 4. The van der Waals surface area contributed by atoms with Crippen LogP contribution >= 0.6 is 11.8 Å². The van der Waals surface area contributed by atoms with Gasteiger partial charge in [0, 0.05) is 51.5 Å². The van der Waals surface area contributed by atoms with Gasteiger partial charge in [-0.25, -0.2) is 29.5 Å². The van der Waals surface area contributed by atoms with Gasteiger partial charge in [-0.15, -0.1) is 11.8 Å². The van der Waals surface area contributed by atoms with Crippen molar-refractivity contribution in [2.24, 2.45) is 0 Å². The third kappa shape index (κ3) is 8.12. The lowest BCUT2D eigenvalue weighted by Gasteiger charge is -2.32. The normalized spacial score (nSPS) is 16.7. The van der Waals surface area contributed by atoms with Crippen LogP contribution in [-0.2, 0) is 21.6 Å². The fraction of sp³-hybridized carbons (Fsp3) is 0.278. The molecule has 47 heavy (non-hydrogen) atoms. The first-order valence-corrected chi connectivity index (χ1v) is 17.1. The summed E-state index contributed by atoms with van der Waals surface area (Å²) < 4.78 is 12.2. The lowest BCUT2D eigenvalue weighted by Crippen LogP contribution is -2.27. The van der Waals surface area contributed by atoms with Crippen LogP contribution in [0, 0.1) is 23.7 Å². The van der Waals surface area contributed by atoms with E-state index in [1.807, 2.05) is 36.0 Å². The predicted octanol–water partition coefficient (Wildman–Crippen LogP) is 5.71. The van der Waals surface area contributed by atoms with E-state index in [9.17, 15) is 13.8 Å². The van der Waals surface area contributed by atoms with Crippen molar-refractivity contribution in [1.29, 1.82) is 0 Å². The van der Waals surface area contributed by atoms with Crippen molar-refractivity contribution >= 4 is 34.5 Å². The highest BCUT2D eigenvalue weighted by Gasteiger charge is 2.31. The van der Waals surface area contributed by atoms with Gasteiger partial charge in [0.2, 0.25) is 11.6 Å². The molecule has 2 N–H and O–H groups in total. The van der Waals surface area contributed by atoms with Crippen molar-refractivity contribution < 1.29 is 24.0 Å². The van der Waals surface area contributed by atoms with Gasteiger partial charge in [-0.2, -0.15) is 0 Å². The Bertz CT molecular complexity index is 2000. The highest BCUT2D eigenvalue weighted by Crippen LogP contribution is 2.41. The minimum atomic E-state index is -1.07. The predicted molar refractivity (Wildman–Crippen MR) is 180 cm³/mol. The molecule has 1 atom stereocenters. The van der Waals surface area contributed by atoms with Crippen LogP contribution in [0.1, 0.15) is 95.2 Å². The van der Waals surface area contributed by atoms with Crippen LogP contribution in [0.2, 0.25) is 0 Å². The van der Waals surface area contributed by atoms with Crippen molar-refractivity contribution in [2.45, 2.75) is 61.2 Å². The van der Waals surface area contributed by atoms with Crippen LogP contribution in [0.3, 0.4) is 0 Å². The van der Waals surface area contributed by atoms with Crippen molar-refractivity contribution in [3.05, 3.63) is 106 Å². The number of carboxylic acids is 2. The molecule has 1 unspecified atom stereocenters. The molecule has 2 aromatic carbocycles. The van der Waals surface area contributed by atoms with E-state index in [4.69, 9.17) is 10.2 Å². The van der Waals surface area contributed by atoms with Gasteiger partial charge < -0.3 is 10.2 Å². The van der Waals surface area contributed by atoms with Gasteiger partial charge in [0.1, 0.15) is 0 Å². The van der Waals surface area contributed by atoms with E-state index in [0.29, 0.717) is 11.6 Å². The number of hydrogen-bond donors (Lipinski definition) is 2. The Balaban J connectivity index is 0.000000185. The van der Waals surface area contributed by atoms with E-state index >= 15 is 0 Å². The summed E-state index contributed by atoms with van der Waals surface area (Å²) in [6, 6.07) is 12.0. The van der Waals surface area contributed by atoms with E-state index in [0.717, 1.165) is 40.2 Å². The first-order chi connectivity index (χ1) is 22.3. The van der Waals surface area contributed by atoms with E-state index in [2.05, 4.69) is 83.4 Å². The number of carbonyl (C=O) groups is 2. The molecule has 6 rings (SSSR count). The molecule has 4 aromatic rings. The fourth-order valence-electron chi connectivity index (χ4n) is 5.00. The SMILES string of the molecule is CC1(C)CCS(=O)c2ccc(C#Cc3ncc(C(=O)O)cn3)cc21.CC1(C)CCSc2ccc(C#Cc3ncc(C(=O)O)cn3)cc21. The molecule has 4 heterocycles. The van der Waals surface area contributed by atoms with Gasteiger partial charge in [-0.05, 0) is 88.8 Å². The number of rotatable bonds is 2. The average molecular weight is 665 g/mol. The zero-order valence-electron chi connectivity index (χ0n) is 26.3. The Morgan fingerprint density at radius 1 is 0.723 bits per heavy atom. The van der Waals surface area contributed by atoms with Crippen LogP contribution in [0.5, 0.6) is 0 Å². The summed E-state index contributed by atoms with van der Waals surface area (Å²) in [4.78, 5) is 39.5. The van der Waals surface area contributed by atoms with E-state index in [1.165, 1.54) is 35.2 Å². The van der Waals surface area contributed by atoms with E-state index < -0.39 is 22.7 Å². The number of thioether (sulfide) groups is 1. The summed E-state index contributed by atoms with van der Waals surface area (Å²) in [6.07, 6.45) is 7.04. The molecule has 0 radical (unpaired) electrons. The largest absolute Gasteiger partial charge is 0.478 e. The number of nitrogens with zero attached hydrogens (tertiary/aromatic N) is 4. The molecule has 2 aromatic heterocycles. The first kappa shape index (κ1) is 33.5. The summed E-state index contributed by atoms with van der Waals surface area (Å²) in [7, 11) is -0.946. The van der Waals surface area contributed by atoms with Crippen molar-refractivity contribution in [3.8, 4) is 23.7 Å². The summed E-state index contributed by atoms with van der Waals surface area (Å²) in [5.41, 5.74) is 4.35. The Labute approximate surface area is 280 Å². The van der Waals surface area contributed by atoms with Crippen molar-refractivity contribution in [1.82, 2.24) is 19.9 Å². The van der Waals surface area contributed by atoms with Gasteiger partial charge in [-0.3, -0.25) is 4.21 Å². The lowest BCUT2D eigenvalue weighted by molar-refractivity contribution is 0.0685. The molecule has 238 valence electrons. The highest BCUT2D eigenvalue weighted by molar-refractivity contribution is 7.99. The number of benzene rings is 2. The Kier molecular flexibility index (Phi) is 9.90. The van der Waals surface area contributed by atoms with Crippen LogP contribution in [0.15, 0.2) is 71.0 Å². The molecule has 2 aliphatic heterocycles. The number of carboxylic acid groups (broad SMARTS) is 2. The van der Waals surface area contributed by atoms with Gasteiger partial charge in [0.05, 0.1) is 21.9 Å². The van der Waals surface area contributed by atoms with Crippen LogP contribution in [-0.4, -0.2) is 57.8 Å². The molecule has 11 heteroatoms. The second-order valence-electron chi connectivity index (χ2n) is 12.3. The topological polar surface area (TPSA) is 143 Å². The van der Waals surface area contributed by atoms with Gasteiger partial charge >= 0.3 is 11.9 Å². The minimum absolute atomic E-state index is 0.0264. The molecule has 0 bridgehead atoms. The monoisotopic (exact) mass is 664 g/mol. The third-order valence-corrected chi connectivity index (χ3v) is 10.5. The van der Waals surface area contributed by atoms with Crippen molar-refractivity contribution in [2.75, 3.05) is 11.5 Å². The van der Waals surface area contributed by atoms with Crippen LogP contribution in [0.25, 0.3) is 0 Å². The third-order valence-electron chi connectivity index (χ3n) is 7.99. The summed E-state index contributed by atoms with van der Waals surface area (Å²) in [6.45, 7) is 8.81. The number of aromatic carboxylic acids is 2. The van der Waals surface area contributed by atoms with Gasteiger partial charge in [0.15, 0.2) is 0 Å². The summed E-state index contributed by atoms with van der Waals surface area (Å²) in [5, 5.41) is 17.7. The molecular weight excluding hydrogens is 633 g/mol. The molecule has 0 spiro atoms.